The first-order valence-electron chi connectivity index (χ1n) is 5.34. The van der Waals surface area contributed by atoms with Gasteiger partial charge < -0.3 is 15.8 Å². The summed E-state index contributed by atoms with van der Waals surface area (Å²) in [6.07, 6.45) is 3.36. The number of hydrogen-bond donors (Lipinski definition) is 2. The minimum absolute atomic E-state index is 0.214. The molecule has 0 radical (unpaired) electrons. The van der Waals surface area contributed by atoms with E-state index in [-0.39, 0.29) is 5.69 Å². The number of anilines is 2. The molecule has 1 aromatic heterocycles. The van der Waals surface area contributed by atoms with Crippen LogP contribution in [0.1, 0.15) is 34.5 Å². The predicted molar refractivity (Wildman–Crippen MR) is 66.0 cm³/mol. The fourth-order valence-corrected chi connectivity index (χ4v) is 2.65. The van der Waals surface area contributed by atoms with E-state index in [0.29, 0.717) is 21.5 Å². The van der Waals surface area contributed by atoms with Crippen molar-refractivity contribution in [2.24, 2.45) is 0 Å². The van der Waals surface area contributed by atoms with Crippen molar-refractivity contribution in [1.29, 1.82) is 5.26 Å². The van der Waals surface area contributed by atoms with E-state index in [0.717, 1.165) is 12.8 Å². The molecule has 3 N–H and O–H groups in total. The number of carbonyl (C=O) groups is 1. The van der Waals surface area contributed by atoms with Crippen molar-refractivity contribution in [2.45, 2.75) is 25.3 Å². The van der Waals surface area contributed by atoms with Crippen LogP contribution in [0.5, 0.6) is 0 Å². The Balaban J connectivity index is 2.34. The first kappa shape index (κ1) is 11.7. The Labute approximate surface area is 103 Å². The third kappa shape index (κ3) is 2.06. The van der Waals surface area contributed by atoms with E-state index < -0.39 is 5.97 Å². The second-order valence-corrected chi connectivity index (χ2v) is 4.95. The lowest BCUT2D eigenvalue weighted by Crippen LogP contribution is -2.27. The number of ether oxygens (including phenoxy) is 1. The van der Waals surface area contributed by atoms with E-state index >= 15 is 0 Å². The molecule has 0 unspecified atom stereocenters. The lowest BCUT2D eigenvalue weighted by Gasteiger charge is -2.27. The van der Waals surface area contributed by atoms with Crippen LogP contribution in [-0.4, -0.2) is 19.1 Å². The summed E-state index contributed by atoms with van der Waals surface area (Å²) < 4.78 is 4.69. The van der Waals surface area contributed by atoms with Crippen molar-refractivity contribution in [2.75, 3.05) is 18.2 Å². The monoisotopic (exact) mass is 251 g/mol. The van der Waals surface area contributed by atoms with Crippen molar-refractivity contribution in [3.05, 3.63) is 10.4 Å². The zero-order valence-electron chi connectivity index (χ0n) is 9.45. The summed E-state index contributed by atoms with van der Waals surface area (Å²) in [6, 6.07) is 2.37. The molecule has 5 nitrogen and oxygen atoms in total. The van der Waals surface area contributed by atoms with Gasteiger partial charge in [0.15, 0.2) is 0 Å². The van der Waals surface area contributed by atoms with Crippen molar-refractivity contribution in [1.82, 2.24) is 0 Å². The van der Waals surface area contributed by atoms with Crippen LogP contribution in [0, 0.1) is 11.3 Å². The summed E-state index contributed by atoms with van der Waals surface area (Å²) in [5.41, 5.74) is 6.28. The molecular weight excluding hydrogens is 238 g/mol. The quantitative estimate of drug-likeness (QED) is 0.802. The molecule has 0 spiro atoms. The number of nitriles is 1. The number of nitrogen functional groups attached to an aromatic ring is 1. The number of rotatable bonds is 3. The number of methoxy groups -OCH3 is 1. The van der Waals surface area contributed by atoms with Gasteiger partial charge in [0, 0.05) is 6.04 Å². The minimum atomic E-state index is -0.498. The third-order valence-electron chi connectivity index (χ3n) is 2.88. The predicted octanol–water partition coefficient (Wildman–Crippen LogP) is 1.95. The molecule has 1 fully saturated rings. The number of nitrogens with one attached hydrogen (secondary N) is 1. The topological polar surface area (TPSA) is 88.1 Å². The molecular formula is C11H13N3O2S. The molecule has 1 aliphatic rings. The van der Waals surface area contributed by atoms with Gasteiger partial charge in [-0.2, -0.15) is 5.26 Å². The number of thiophene rings is 1. The molecule has 6 heteroatoms. The zero-order valence-corrected chi connectivity index (χ0v) is 10.3. The number of carbonyl (C=O) groups excluding carboxylic acids is 1. The van der Waals surface area contributed by atoms with Crippen LogP contribution >= 0.6 is 11.3 Å². The maximum absolute atomic E-state index is 11.6. The summed E-state index contributed by atoms with van der Waals surface area (Å²) in [5, 5.41) is 12.8. The van der Waals surface area contributed by atoms with Crippen molar-refractivity contribution >= 4 is 28.0 Å². The molecule has 1 saturated carbocycles. The van der Waals surface area contributed by atoms with E-state index in [2.05, 4.69) is 10.1 Å². The van der Waals surface area contributed by atoms with Crippen molar-refractivity contribution < 1.29 is 9.53 Å². The molecule has 1 aromatic rings. The van der Waals surface area contributed by atoms with Crippen LogP contribution in [0.25, 0.3) is 0 Å². The van der Waals surface area contributed by atoms with Crippen LogP contribution in [0.3, 0.4) is 0 Å². The van der Waals surface area contributed by atoms with Gasteiger partial charge in [-0.15, -0.1) is 11.3 Å². The molecule has 1 aliphatic carbocycles. The lowest BCUT2D eigenvalue weighted by atomic mass is 9.93. The number of nitrogens with zero attached hydrogens (tertiary/aromatic N) is 1. The Morgan fingerprint density at radius 2 is 2.35 bits per heavy atom. The van der Waals surface area contributed by atoms with E-state index in [9.17, 15) is 4.79 Å². The minimum Gasteiger partial charge on any atom is -0.465 e. The highest BCUT2D eigenvalue weighted by atomic mass is 32.1. The Kier molecular flexibility index (Phi) is 3.20. The highest BCUT2D eigenvalue weighted by Crippen LogP contribution is 2.37. The summed E-state index contributed by atoms with van der Waals surface area (Å²) in [6.45, 7) is 0. The Morgan fingerprint density at radius 1 is 1.65 bits per heavy atom. The summed E-state index contributed by atoms with van der Waals surface area (Å²) in [5.74, 6) is -0.498. The molecule has 90 valence electrons. The normalized spacial score (nSPS) is 14.8. The average Bonchev–Trinajstić information content (AvgIpc) is 2.59. The summed E-state index contributed by atoms with van der Waals surface area (Å²) in [7, 11) is 1.30. The van der Waals surface area contributed by atoms with Gasteiger partial charge in [0.1, 0.15) is 21.5 Å². The molecule has 17 heavy (non-hydrogen) atoms. The fraction of sp³-hybridized carbons (Fsp3) is 0.455. The molecule has 0 aliphatic heterocycles. The molecule has 0 aromatic carbocycles. The van der Waals surface area contributed by atoms with E-state index in [4.69, 9.17) is 11.0 Å². The molecule has 0 saturated heterocycles. The van der Waals surface area contributed by atoms with Gasteiger partial charge in [0.25, 0.3) is 0 Å². The molecule has 0 bridgehead atoms. The van der Waals surface area contributed by atoms with Gasteiger partial charge in [0.2, 0.25) is 0 Å². The van der Waals surface area contributed by atoms with Gasteiger partial charge >= 0.3 is 5.97 Å². The van der Waals surface area contributed by atoms with Gasteiger partial charge in [-0.25, -0.2) is 4.79 Å². The van der Waals surface area contributed by atoms with Gasteiger partial charge in [-0.1, -0.05) is 0 Å². The Morgan fingerprint density at radius 3 is 2.82 bits per heavy atom. The highest BCUT2D eigenvalue weighted by molar-refractivity contribution is 7.17. The zero-order chi connectivity index (χ0) is 12.4. The van der Waals surface area contributed by atoms with Crippen molar-refractivity contribution in [3.8, 4) is 6.07 Å². The van der Waals surface area contributed by atoms with E-state index in [1.165, 1.54) is 24.9 Å². The first-order valence-corrected chi connectivity index (χ1v) is 6.16. The SMILES string of the molecule is COC(=O)c1c(NC2CCC2)sc(C#N)c1N. The second-order valence-electron chi connectivity index (χ2n) is 3.92. The third-order valence-corrected chi connectivity index (χ3v) is 3.92. The van der Waals surface area contributed by atoms with Gasteiger partial charge in [-0.05, 0) is 19.3 Å². The smallest absolute Gasteiger partial charge is 0.343 e. The van der Waals surface area contributed by atoms with Gasteiger partial charge in [0.05, 0.1) is 12.8 Å². The van der Waals surface area contributed by atoms with E-state index in [1.807, 2.05) is 6.07 Å². The molecule has 0 amide bonds. The molecule has 1 heterocycles. The largest absolute Gasteiger partial charge is 0.465 e. The second kappa shape index (κ2) is 4.63. The van der Waals surface area contributed by atoms with Crippen LogP contribution in [-0.2, 0) is 4.74 Å². The average molecular weight is 251 g/mol. The maximum Gasteiger partial charge on any atom is 0.343 e. The first-order chi connectivity index (χ1) is 8.17. The molecule has 2 rings (SSSR count). The molecule has 0 atom stereocenters. The summed E-state index contributed by atoms with van der Waals surface area (Å²) >= 11 is 1.21. The van der Waals surface area contributed by atoms with Crippen molar-refractivity contribution in [3.63, 3.8) is 0 Å². The van der Waals surface area contributed by atoms with Crippen LogP contribution in [0.15, 0.2) is 0 Å². The Bertz CT molecular complexity index is 486. The maximum atomic E-state index is 11.6. The highest BCUT2D eigenvalue weighted by Gasteiger charge is 2.26. The van der Waals surface area contributed by atoms with Crippen LogP contribution < -0.4 is 11.1 Å². The fourth-order valence-electron chi connectivity index (χ4n) is 1.67. The number of hydrogen-bond acceptors (Lipinski definition) is 6. The Hall–Kier alpha value is -1.74. The summed E-state index contributed by atoms with van der Waals surface area (Å²) in [4.78, 5) is 12.0. The van der Waals surface area contributed by atoms with Gasteiger partial charge in [-0.3, -0.25) is 0 Å². The lowest BCUT2D eigenvalue weighted by molar-refractivity contribution is 0.0603. The van der Waals surface area contributed by atoms with Crippen LogP contribution in [0.2, 0.25) is 0 Å². The number of esters is 1. The number of nitrogens with two attached hydrogens (primary N) is 1. The van der Waals surface area contributed by atoms with E-state index in [1.54, 1.807) is 0 Å². The standard InChI is InChI=1S/C11H13N3O2S/c1-16-11(15)8-9(13)7(5-12)17-10(8)14-6-3-2-4-6/h6,14H,2-4,13H2,1H3. The van der Waals surface area contributed by atoms with Crippen LogP contribution in [0.4, 0.5) is 10.7 Å².